The highest BCUT2D eigenvalue weighted by atomic mass is 35.5. The van der Waals surface area contributed by atoms with Crippen LogP contribution in [-0.4, -0.2) is 47.3 Å². The Morgan fingerprint density at radius 1 is 1.26 bits per heavy atom. The van der Waals surface area contributed by atoms with Gasteiger partial charge in [0.15, 0.2) is 5.43 Å². The summed E-state index contributed by atoms with van der Waals surface area (Å²) in [6, 6.07) is 9.16. The van der Waals surface area contributed by atoms with Crippen molar-refractivity contribution in [1.82, 2.24) is 4.90 Å². The van der Waals surface area contributed by atoms with Crippen LogP contribution < -0.4 is 5.43 Å². The third kappa shape index (κ3) is 3.86. The van der Waals surface area contributed by atoms with Crippen molar-refractivity contribution >= 4 is 28.5 Å². The Bertz CT molecular complexity index is 1220. The molecule has 0 radical (unpaired) electrons. The van der Waals surface area contributed by atoms with Gasteiger partial charge in [-0.3, -0.25) is 14.5 Å². The maximum Gasteiger partial charge on any atom is 0.302 e. The summed E-state index contributed by atoms with van der Waals surface area (Å²) in [6.45, 7) is 2.17. The SMILES string of the molecule is CC(=O)OCC1C(c2c(O)cc(O)c3c(=O)cc(-c4ccccc4Cl)oc23)CCN1C. The molecule has 1 saturated heterocycles. The van der Waals surface area contributed by atoms with Gasteiger partial charge in [0.25, 0.3) is 0 Å². The molecule has 4 rings (SSSR count). The predicted molar refractivity (Wildman–Crippen MR) is 117 cm³/mol. The van der Waals surface area contributed by atoms with E-state index in [4.69, 9.17) is 20.8 Å². The number of carbonyl (C=O) groups is 1. The molecule has 2 heterocycles. The summed E-state index contributed by atoms with van der Waals surface area (Å²) in [6.07, 6.45) is 0.649. The van der Waals surface area contributed by atoms with Gasteiger partial charge in [0.05, 0.1) is 11.1 Å². The number of ether oxygens (including phenoxy) is 1. The van der Waals surface area contributed by atoms with Gasteiger partial charge in [-0.2, -0.15) is 0 Å². The molecule has 2 aromatic carbocycles. The topological polar surface area (TPSA) is 100 Å². The number of benzene rings is 2. The summed E-state index contributed by atoms with van der Waals surface area (Å²) >= 11 is 6.29. The van der Waals surface area contributed by atoms with Crippen molar-refractivity contribution in [3.8, 4) is 22.8 Å². The number of hydrogen-bond donors (Lipinski definition) is 2. The molecule has 1 aliphatic rings. The van der Waals surface area contributed by atoms with Crippen LogP contribution in [0.1, 0.15) is 24.8 Å². The van der Waals surface area contributed by atoms with Gasteiger partial charge in [0.2, 0.25) is 0 Å². The first kappa shape index (κ1) is 21.2. The minimum Gasteiger partial charge on any atom is -0.507 e. The Morgan fingerprint density at radius 2 is 2.00 bits per heavy atom. The largest absolute Gasteiger partial charge is 0.507 e. The van der Waals surface area contributed by atoms with Crippen LogP contribution in [0.25, 0.3) is 22.3 Å². The van der Waals surface area contributed by atoms with Crippen molar-refractivity contribution in [2.75, 3.05) is 20.2 Å². The summed E-state index contributed by atoms with van der Waals surface area (Å²) in [5.74, 6) is -0.989. The lowest BCUT2D eigenvalue weighted by Crippen LogP contribution is -2.33. The van der Waals surface area contributed by atoms with Gasteiger partial charge < -0.3 is 19.4 Å². The molecule has 0 bridgehead atoms. The first-order valence-electron chi connectivity index (χ1n) is 9.89. The molecule has 1 aliphatic heterocycles. The highest BCUT2D eigenvalue weighted by Crippen LogP contribution is 2.44. The maximum absolute atomic E-state index is 12.9. The van der Waals surface area contributed by atoms with E-state index in [0.29, 0.717) is 29.1 Å². The van der Waals surface area contributed by atoms with E-state index in [1.165, 1.54) is 13.0 Å². The van der Waals surface area contributed by atoms with Crippen LogP contribution in [0.15, 0.2) is 45.6 Å². The molecule has 2 unspecified atom stereocenters. The fraction of sp³-hybridized carbons (Fsp3) is 0.304. The van der Waals surface area contributed by atoms with E-state index in [0.717, 1.165) is 6.07 Å². The van der Waals surface area contributed by atoms with Gasteiger partial charge in [-0.25, -0.2) is 0 Å². The number of rotatable bonds is 4. The molecule has 3 aromatic rings. The van der Waals surface area contributed by atoms with Crippen molar-refractivity contribution < 1.29 is 24.2 Å². The fourth-order valence-corrected chi connectivity index (χ4v) is 4.49. The molecule has 31 heavy (non-hydrogen) atoms. The second kappa shape index (κ2) is 8.24. The third-order valence-corrected chi connectivity index (χ3v) is 6.12. The van der Waals surface area contributed by atoms with Gasteiger partial charge >= 0.3 is 5.97 Å². The zero-order chi connectivity index (χ0) is 22.3. The molecule has 8 heteroatoms. The molecule has 0 aliphatic carbocycles. The second-order valence-corrected chi connectivity index (χ2v) is 8.14. The molecule has 2 atom stereocenters. The smallest absolute Gasteiger partial charge is 0.302 e. The Kier molecular flexibility index (Phi) is 5.64. The van der Waals surface area contributed by atoms with E-state index in [9.17, 15) is 19.8 Å². The van der Waals surface area contributed by atoms with E-state index < -0.39 is 11.4 Å². The Balaban J connectivity index is 1.94. The zero-order valence-electron chi connectivity index (χ0n) is 17.1. The Labute approximate surface area is 183 Å². The third-order valence-electron chi connectivity index (χ3n) is 5.79. The Hall–Kier alpha value is -3.03. The fourth-order valence-electron chi connectivity index (χ4n) is 4.26. The number of phenolic OH excluding ortho intramolecular Hbond substituents is 2. The van der Waals surface area contributed by atoms with E-state index in [1.54, 1.807) is 24.3 Å². The summed E-state index contributed by atoms with van der Waals surface area (Å²) in [5.41, 5.74) is 0.586. The van der Waals surface area contributed by atoms with E-state index in [1.807, 2.05) is 11.9 Å². The lowest BCUT2D eigenvalue weighted by Gasteiger charge is -2.25. The number of aromatic hydroxyl groups is 2. The number of halogens is 1. The van der Waals surface area contributed by atoms with Crippen molar-refractivity contribution in [3.05, 3.63) is 57.2 Å². The number of fused-ring (bicyclic) bond motifs is 1. The molecule has 0 saturated carbocycles. The highest BCUT2D eigenvalue weighted by molar-refractivity contribution is 6.33. The van der Waals surface area contributed by atoms with Gasteiger partial charge in [-0.15, -0.1) is 0 Å². The molecule has 1 fully saturated rings. The van der Waals surface area contributed by atoms with Crippen molar-refractivity contribution in [1.29, 1.82) is 0 Å². The predicted octanol–water partition coefficient (Wildman–Crippen LogP) is 3.88. The summed E-state index contributed by atoms with van der Waals surface area (Å²) in [7, 11) is 1.90. The lowest BCUT2D eigenvalue weighted by atomic mass is 9.89. The lowest BCUT2D eigenvalue weighted by molar-refractivity contribution is -0.142. The minimum absolute atomic E-state index is 0.00982. The van der Waals surface area contributed by atoms with Crippen molar-refractivity contribution in [2.24, 2.45) is 0 Å². The highest BCUT2D eigenvalue weighted by Gasteiger charge is 2.37. The van der Waals surface area contributed by atoms with Gasteiger partial charge in [0.1, 0.15) is 34.8 Å². The van der Waals surface area contributed by atoms with Crippen LogP contribution in [0.5, 0.6) is 11.5 Å². The summed E-state index contributed by atoms with van der Waals surface area (Å²) in [5, 5.41) is 21.5. The minimum atomic E-state index is -0.446. The number of likely N-dealkylation sites (N-methyl/N-ethyl adjacent to an activating group) is 1. The van der Waals surface area contributed by atoms with E-state index in [2.05, 4.69) is 0 Å². The molecule has 0 amide bonds. The normalized spacial score (nSPS) is 19.1. The van der Waals surface area contributed by atoms with Gasteiger partial charge in [-0.05, 0) is 32.1 Å². The van der Waals surface area contributed by atoms with E-state index in [-0.39, 0.29) is 46.8 Å². The Morgan fingerprint density at radius 3 is 2.71 bits per heavy atom. The number of hydrogen-bond acceptors (Lipinski definition) is 7. The summed E-state index contributed by atoms with van der Waals surface area (Å²) < 4.78 is 11.3. The van der Waals surface area contributed by atoms with Crippen LogP contribution in [0.2, 0.25) is 5.02 Å². The van der Waals surface area contributed by atoms with Crippen LogP contribution in [0.4, 0.5) is 0 Å². The molecular formula is C23H22ClNO6. The molecule has 2 N–H and O–H groups in total. The molecule has 7 nitrogen and oxygen atoms in total. The summed E-state index contributed by atoms with van der Waals surface area (Å²) in [4.78, 5) is 26.3. The van der Waals surface area contributed by atoms with Crippen LogP contribution >= 0.6 is 11.6 Å². The monoisotopic (exact) mass is 443 g/mol. The number of carbonyl (C=O) groups excluding carboxylic acids is 1. The first-order chi connectivity index (χ1) is 14.8. The number of nitrogens with zero attached hydrogens (tertiary/aromatic N) is 1. The van der Waals surface area contributed by atoms with Crippen molar-refractivity contribution in [3.63, 3.8) is 0 Å². The average molecular weight is 444 g/mol. The maximum atomic E-state index is 12.9. The van der Waals surface area contributed by atoms with Crippen LogP contribution in [0, 0.1) is 0 Å². The number of likely N-dealkylation sites (tertiary alicyclic amines) is 1. The average Bonchev–Trinajstić information content (AvgIpc) is 3.06. The molecule has 162 valence electrons. The molecular weight excluding hydrogens is 422 g/mol. The number of esters is 1. The van der Waals surface area contributed by atoms with Crippen molar-refractivity contribution in [2.45, 2.75) is 25.3 Å². The van der Waals surface area contributed by atoms with Crippen LogP contribution in [-0.2, 0) is 9.53 Å². The van der Waals surface area contributed by atoms with Crippen LogP contribution in [0.3, 0.4) is 0 Å². The quantitative estimate of drug-likeness (QED) is 0.590. The first-order valence-corrected chi connectivity index (χ1v) is 10.3. The van der Waals surface area contributed by atoms with E-state index >= 15 is 0 Å². The molecule has 1 aromatic heterocycles. The molecule has 0 spiro atoms. The van der Waals surface area contributed by atoms with Gasteiger partial charge in [-0.1, -0.05) is 23.7 Å². The second-order valence-electron chi connectivity index (χ2n) is 7.73. The zero-order valence-corrected chi connectivity index (χ0v) is 17.8. The number of phenols is 2. The standard InChI is InChI=1S/C23H22ClNO6/c1-12(26)30-11-16-14(7-8-25(16)2)21-17(27)9-18(28)22-19(29)10-20(31-23(21)22)13-5-3-4-6-15(13)24/h3-6,9-10,14,16,27-28H,7-8,11H2,1-2H3. The van der Waals surface area contributed by atoms with Gasteiger partial charge in [0, 0.05) is 36.1 Å².